The molecule has 0 aliphatic rings. The van der Waals surface area contributed by atoms with Crippen molar-refractivity contribution in [2.24, 2.45) is 0 Å². The predicted molar refractivity (Wildman–Crippen MR) is 63.2 cm³/mol. The number of carboxylic acids is 1. The highest BCUT2D eigenvalue weighted by atomic mass is 35.5. The first kappa shape index (κ1) is 12.8. The summed E-state index contributed by atoms with van der Waals surface area (Å²) in [5, 5.41) is 21.2. The Morgan fingerprint density at radius 3 is 2.81 bits per heavy atom. The minimum atomic E-state index is -1.03. The first-order chi connectivity index (χ1) is 7.54. The van der Waals surface area contributed by atoms with E-state index < -0.39 is 5.97 Å². The van der Waals surface area contributed by atoms with E-state index in [9.17, 15) is 4.79 Å². The van der Waals surface area contributed by atoms with Gasteiger partial charge in [-0.1, -0.05) is 11.6 Å². The second-order valence-corrected chi connectivity index (χ2v) is 3.99. The van der Waals surface area contributed by atoms with Crippen LogP contribution in [0.1, 0.15) is 23.7 Å². The molecular weight excluding hydrogens is 230 g/mol. The summed E-state index contributed by atoms with van der Waals surface area (Å²) in [7, 11) is 0. The van der Waals surface area contributed by atoms with Crippen molar-refractivity contribution in [3.8, 4) is 0 Å². The molecule has 0 aliphatic carbocycles. The summed E-state index contributed by atoms with van der Waals surface area (Å²) in [6.07, 6.45) is 0.557. The van der Waals surface area contributed by atoms with Crippen LogP contribution < -0.4 is 5.32 Å². The lowest BCUT2D eigenvalue weighted by Gasteiger charge is -2.15. The maximum absolute atomic E-state index is 11.0. The zero-order valence-corrected chi connectivity index (χ0v) is 9.66. The number of carboxylic acid groups (broad SMARTS) is 1. The van der Waals surface area contributed by atoms with Crippen molar-refractivity contribution in [3.63, 3.8) is 0 Å². The molecule has 0 aliphatic heterocycles. The SMILES string of the molecule is CC(CCO)Nc1ccc(Cl)cc1C(=O)O. The zero-order chi connectivity index (χ0) is 12.1. The van der Waals surface area contributed by atoms with Crippen LogP contribution in [0.15, 0.2) is 18.2 Å². The van der Waals surface area contributed by atoms with Gasteiger partial charge in [0.05, 0.1) is 5.56 Å². The van der Waals surface area contributed by atoms with E-state index in [4.69, 9.17) is 21.8 Å². The Labute approximate surface area is 98.9 Å². The standard InChI is InChI=1S/C11H14ClNO3/c1-7(4-5-14)13-10-3-2-8(12)6-9(10)11(15)16/h2-3,6-7,13-14H,4-5H2,1H3,(H,15,16). The van der Waals surface area contributed by atoms with Crippen LogP contribution in [0.4, 0.5) is 5.69 Å². The van der Waals surface area contributed by atoms with Gasteiger partial charge in [0.25, 0.3) is 0 Å². The van der Waals surface area contributed by atoms with Crippen LogP contribution in [0.2, 0.25) is 5.02 Å². The molecule has 1 rings (SSSR count). The van der Waals surface area contributed by atoms with Gasteiger partial charge >= 0.3 is 5.97 Å². The number of aromatic carboxylic acids is 1. The topological polar surface area (TPSA) is 69.6 Å². The van der Waals surface area contributed by atoms with Crippen molar-refractivity contribution in [2.45, 2.75) is 19.4 Å². The third-order valence-corrected chi connectivity index (χ3v) is 2.41. The molecule has 88 valence electrons. The number of benzene rings is 1. The van der Waals surface area contributed by atoms with Gasteiger partial charge in [0.1, 0.15) is 0 Å². The van der Waals surface area contributed by atoms with Crippen molar-refractivity contribution in [1.82, 2.24) is 0 Å². The van der Waals surface area contributed by atoms with Crippen molar-refractivity contribution in [3.05, 3.63) is 28.8 Å². The minimum Gasteiger partial charge on any atom is -0.478 e. The average molecular weight is 244 g/mol. The number of anilines is 1. The number of aliphatic hydroxyl groups is 1. The summed E-state index contributed by atoms with van der Waals surface area (Å²) in [6.45, 7) is 1.93. The van der Waals surface area contributed by atoms with E-state index in [0.717, 1.165) is 0 Å². The number of carbonyl (C=O) groups is 1. The number of aliphatic hydroxyl groups excluding tert-OH is 1. The number of rotatable bonds is 5. The maximum atomic E-state index is 11.0. The third-order valence-electron chi connectivity index (χ3n) is 2.18. The van der Waals surface area contributed by atoms with Crippen LogP contribution >= 0.6 is 11.6 Å². The Balaban J connectivity index is 2.90. The Morgan fingerprint density at radius 2 is 2.25 bits per heavy atom. The zero-order valence-electron chi connectivity index (χ0n) is 8.90. The summed E-state index contributed by atoms with van der Waals surface area (Å²) < 4.78 is 0. The number of halogens is 1. The molecule has 0 heterocycles. The van der Waals surface area contributed by atoms with Gasteiger partial charge in [0, 0.05) is 23.4 Å². The molecule has 5 heteroatoms. The first-order valence-corrected chi connectivity index (χ1v) is 5.32. The van der Waals surface area contributed by atoms with Crippen LogP contribution in [0.5, 0.6) is 0 Å². The van der Waals surface area contributed by atoms with Gasteiger partial charge in [-0.25, -0.2) is 4.79 Å². The fraction of sp³-hybridized carbons (Fsp3) is 0.364. The van der Waals surface area contributed by atoms with Gasteiger partial charge in [0.2, 0.25) is 0 Å². The van der Waals surface area contributed by atoms with Crippen LogP contribution in [0, 0.1) is 0 Å². The normalized spacial score (nSPS) is 12.2. The van der Waals surface area contributed by atoms with Gasteiger partial charge in [-0.3, -0.25) is 0 Å². The van der Waals surface area contributed by atoms with E-state index in [-0.39, 0.29) is 18.2 Å². The van der Waals surface area contributed by atoms with Gasteiger partial charge < -0.3 is 15.5 Å². The smallest absolute Gasteiger partial charge is 0.337 e. The van der Waals surface area contributed by atoms with Crippen molar-refractivity contribution < 1.29 is 15.0 Å². The molecule has 1 unspecified atom stereocenters. The van der Waals surface area contributed by atoms with Crippen LogP contribution in [-0.4, -0.2) is 28.8 Å². The van der Waals surface area contributed by atoms with Gasteiger partial charge in [-0.05, 0) is 31.5 Å². The fourth-order valence-corrected chi connectivity index (χ4v) is 1.52. The summed E-state index contributed by atoms with van der Waals surface area (Å²) in [5.41, 5.74) is 0.648. The highest BCUT2D eigenvalue weighted by Gasteiger charge is 2.12. The molecular formula is C11H14ClNO3. The molecule has 1 atom stereocenters. The molecule has 0 aromatic heterocycles. The molecule has 0 amide bonds. The molecule has 3 N–H and O–H groups in total. The van der Waals surface area contributed by atoms with Gasteiger partial charge in [-0.2, -0.15) is 0 Å². The number of hydrogen-bond donors (Lipinski definition) is 3. The minimum absolute atomic E-state index is 0.00396. The number of nitrogens with one attached hydrogen (secondary N) is 1. The van der Waals surface area contributed by atoms with Crippen molar-refractivity contribution in [2.75, 3.05) is 11.9 Å². The van der Waals surface area contributed by atoms with Gasteiger partial charge in [0.15, 0.2) is 0 Å². The van der Waals surface area contributed by atoms with E-state index in [1.807, 2.05) is 6.92 Å². The second-order valence-electron chi connectivity index (χ2n) is 3.55. The highest BCUT2D eigenvalue weighted by molar-refractivity contribution is 6.31. The Kier molecular flexibility index (Phi) is 4.58. The summed E-state index contributed by atoms with van der Waals surface area (Å²) in [4.78, 5) is 11.0. The molecule has 0 saturated heterocycles. The fourth-order valence-electron chi connectivity index (χ4n) is 1.35. The van der Waals surface area contributed by atoms with Crippen molar-refractivity contribution in [1.29, 1.82) is 0 Å². The van der Waals surface area contributed by atoms with Crippen LogP contribution in [0.25, 0.3) is 0 Å². The van der Waals surface area contributed by atoms with Crippen LogP contribution in [-0.2, 0) is 0 Å². The predicted octanol–water partition coefficient (Wildman–Crippen LogP) is 2.22. The van der Waals surface area contributed by atoms with Crippen molar-refractivity contribution >= 4 is 23.3 Å². The van der Waals surface area contributed by atoms with E-state index in [1.54, 1.807) is 12.1 Å². The molecule has 0 fully saturated rings. The maximum Gasteiger partial charge on any atom is 0.337 e. The third kappa shape index (κ3) is 3.40. The van der Waals surface area contributed by atoms with E-state index in [1.165, 1.54) is 6.07 Å². The summed E-state index contributed by atoms with van der Waals surface area (Å²) >= 11 is 5.73. The highest BCUT2D eigenvalue weighted by Crippen LogP contribution is 2.21. The van der Waals surface area contributed by atoms with Crippen LogP contribution in [0.3, 0.4) is 0 Å². The molecule has 0 bridgehead atoms. The Hall–Kier alpha value is -1.26. The van der Waals surface area contributed by atoms with Gasteiger partial charge in [-0.15, -0.1) is 0 Å². The molecule has 0 saturated carbocycles. The number of hydrogen-bond acceptors (Lipinski definition) is 3. The molecule has 0 spiro atoms. The first-order valence-electron chi connectivity index (χ1n) is 4.95. The lowest BCUT2D eigenvalue weighted by atomic mass is 10.1. The Bertz CT molecular complexity index is 381. The monoisotopic (exact) mass is 243 g/mol. The quantitative estimate of drug-likeness (QED) is 0.742. The molecule has 1 aromatic rings. The Morgan fingerprint density at radius 1 is 1.56 bits per heavy atom. The lowest BCUT2D eigenvalue weighted by molar-refractivity contribution is 0.0698. The second kappa shape index (κ2) is 5.72. The van der Waals surface area contributed by atoms with E-state index in [0.29, 0.717) is 17.1 Å². The summed E-state index contributed by atoms with van der Waals surface area (Å²) in [6, 6.07) is 4.66. The molecule has 1 aromatic carbocycles. The lowest BCUT2D eigenvalue weighted by Crippen LogP contribution is -2.18. The largest absolute Gasteiger partial charge is 0.478 e. The summed E-state index contributed by atoms with van der Waals surface area (Å²) in [5.74, 6) is -1.03. The van der Waals surface area contributed by atoms with E-state index in [2.05, 4.69) is 5.32 Å². The molecule has 0 radical (unpaired) electrons. The molecule has 16 heavy (non-hydrogen) atoms. The molecule has 4 nitrogen and oxygen atoms in total. The average Bonchev–Trinajstić information content (AvgIpc) is 2.20. The van der Waals surface area contributed by atoms with E-state index >= 15 is 0 Å².